The topological polar surface area (TPSA) is 74.6 Å². The number of rotatable bonds is 22. The molecule has 0 aromatic rings. The summed E-state index contributed by atoms with van der Waals surface area (Å²) in [6, 6.07) is 0. The SMILES string of the molecule is CCCCCCCCCCCCCC(O)CCC(CCCCCCC)S(=O)(=O)O. The van der Waals surface area contributed by atoms with E-state index in [9.17, 15) is 18.1 Å². The van der Waals surface area contributed by atoms with Gasteiger partial charge in [0.2, 0.25) is 0 Å². The molecular weight excluding hydrogens is 384 g/mol. The average molecular weight is 435 g/mol. The van der Waals surface area contributed by atoms with Crippen LogP contribution in [0.2, 0.25) is 0 Å². The molecule has 29 heavy (non-hydrogen) atoms. The molecule has 0 heterocycles. The fourth-order valence-corrected chi connectivity index (χ4v) is 4.88. The highest BCUT2D eigenvalue weighted by molar-refractivity contribution is 7.86. The van der Waals surface area contributed by atoms with Gasteiger partial charge in [-0.3, -0.25) is 4.55 Å². The van der Waals surface area contributed by atoms with Crippen LogP contribution in [0.1, 0.15) is 142 Å². The zero-order valence-corrected chi connectivity index (χ0v) is 20.2. The Hall–Kier alpha value is -0.130. The normalized spacial score (nSPS) is 14.2. The highest BCUT2D eigenvalue weighted by Gasteiger charge is 2.23. The van der Waals surface area contributed by atoms with Crippen LogP contribution in [0.3, 0.4) is 0 Å². The van der Waals surface area contributed by atoms with Gasteiger partial charge >= 0.3 is 0 Å². The standard InChI is InChI=1S/C24H50O4S/c1-3-5-7-9-10-11-12-13-14-16-17-19-23(25)21-22-24(29(26,27)28)20-18-15-8-6-4-2/h23-25H,3-22H2,1-2H3,(H,26,27,28). The minimum atomic E-state index is -4.01. The maximum atomic E-state index is 11.6. The molecule has 2 atom stereocenters. The van der Waals surface area contributed by atoms with Crippen molar-refractivity contribution in [3.05, 3.63) is 0 Å². The fourth-order valence-electron chi connectivity index (χ4n) is 3.98. The molecule has 0 saturated carbocycles. The van der Waals surface area contributed by atoms with Crippen LogP contribution in [-0.4, -0.2) is 29.4 Å². The van der Waals surface area contributed by atoms with Crippen LogP contribution in [0.4, 0.5) is 0 Å². The highest BCUT2D eigenvalue weighted by atomic mass is 32.2. The lowest BCUT2D eigenvalue weighted by Gasteiger charge is -2.16. The van der Waals surface area contributed by atoms with E-state index in [4.69, 9.17) is 0 Å². The Labute approximate surface area is 182 Å². The first kappa shape index (κ1) is 28.9. The highest BCUT2D eigenvalue weighted by Crippen LogP contribution is 2.20. The number of aliphatic hydroxyl groups is 1. The van der Waals surface area contributed by atoms with E-state index in [1.54, 1.807) is 0 Å². The third kappa shape index (κ3) is 19.6. The molecule has 5 heteroatoms. The predicted octanol–water partition coefficient (Wildman–Crippen LogP) is 7.45. The number of hydrogen-bond acceptors (Lipinski definition) is 3. The molecule has 0 rings (SSSR count). The largest absolute Gasteiger partial charge is 0.393 e. The van der Waals surface area contributed by atoms with Gasteiger partial charge in [-0.05, 0) is 25.7 Å². The molecule has 0 fully saturated rings. The molecule has 0 aliphatic carbocycles. The molecule has 0 aromatic carbocycles. The van der Waals surface area contributed by atoms with Crippen LogP contribution in [0.15, 0.2) is 0 Å². The van der Waals surface area contributed by atoms with Gasteiger partial charge in [0.05, 0.1) is 11.4 Å². The summed E-state index contributed by atoms with van der Waals surface area (Å²) in [6.45, 7) is 4.40. The lowest BCUT2D eigenvalue weighted by Crippen LogP contribution is -2.22. The van der Waals surface area contributed by atoms with E-state index >= 15 is 0 Å². The van der Waals surface area contributed by atoms with Crippen molar-refractivity contribution in [1.82, 2.24) is 0 Å². The minimum Gasteiger partial charge on any atom is -0.393 e. The van der Waals surface area contributed by atoms with Gasteiger partial charge in [-0.2, -0.15) is 8.42 Å². The van der Waals surface area contributed by atoms with Gasteiger partial charge in [0, 0.05) is 0 Å². The summed E-state index contributed by atoms with van der Waals surface area (Å²) in [4.78, 5) is 0. The summed E-state index contributed by atoms with van der Waals surface area (Å²) >= 11 is 0. The Kier molecular flexibility index (Phi) is 19.7. The van der Waals surface area contributed by atoms with Crippen LogP contribution in [0.5, 0.6) is 0 Å². The summed E-state index contributed by atoms with van der Waals surface area (Å²) in [5.74, 6) is 0. The Balaban J connectivity index is 3.71. The first-order valence-electron chi connectivity index (χ1n) is 12.6. The maximum absolute atomic E-state index is 11.6. The Morgan fingerprint density at radius 2 is 0.931 bits per heavy atom. The fraction of sp³-hybridized carbons (Fsp3) is 1.00. The number of aliphatic hydroxyl groups excluding tert-OH is 1. The van der Waals surface area contributed by atoms with Gasteiger partial charge in [0.15, 0.2) is 0 Å². The molecule has 176 valence electrons. The minimum absolute atomic E-state index is 0.367. The number of unbranched alkanes of at least 4 members (excludes halogenated alkanes) is 14. The molecule has 0 spiro atoms. The summed E-state index contributed by atoms with van der Waals surface area (Å²) in [5, 5.41) is 9.46. The van der Waals surface area contributed by atoms with Gasteiger partial charge in [-0.1, -0.05) is 117 Å². The van der Waals surface area contributed by atoms with Gasteiger partial charge in [0.1, 0.15) is 0 Å². The van der Waals surface area contributed by atoms with E-state index in [1.807, 2.05) is 0 Å². The second kappa shape index (κ2) is 19.8. The van der Waals surface area contributed by atoms with Gasteiger partial charge in [0.25, 0.3) is 10.1 Å². The predicted molar refractivity (Wildman–Crippen MR) is 125 cm³/mol. The van der Waals surface area contributed by atoms with Crippen molar-refractivity contribution in [2.24, 2.45) is 0 Å². The zero-order valence-electron chi connectivity index (χ0n) is 19.4. The van der Waals surface area contributed by atoms with Crippen molar-refractivity contribution in [2.75, 3.05) is 0 Å². The second-order valence-corrected chi connectivity index (χ2v) is 10.6. The van der Waals surface area contributed by atoms with Crippen LogP contribution >= 0.6 is 0 Å². The molecule has 0 radical (unpaired) electrons. The first-order valence-corrected chi connectivity index (χ1v) is 14.1. The van der Waals surface area contributed by atoms with E-state index in [0.29, 0.717) is 19.3 Å². The monoisotopic (exact) mass is 434 g/mol. The van der Waals surface area contributed by atoms with E-state index in [0.717, 1.165) is 44.9 Å². The zero-order chi connectivity index (χ0) is 21.8. The van der Waals surface area contributed by atoms with Crippen molar-refractivity contribution in [2.45, 2.75) is 154 Å². The lowest BCUT2D eigenvalue weighted by molar-refractivity contribution is 0.147. The van der Waals surface area contributed by atoms with Crippen molar-refractivity contribution in [3.8, 4) is 0 Å². The van der Waals surface area contributed by atoms with Crippen LogP contribution < -0.4 is 0 Å². The molecule has 2 N–H and O–H groups in total. The lowest BCUT2D eigenvalue weighted by atomic mass is 10.0. The molecule has 0 amide bonds. The Morgan fingerprint density at radius 1 is 0.552 bits per heavy atom. The summed E-state index contributed by atoms with van der Waals surface area (Å²) < 4.78 is 32.7. The Bertz CT molecular complexity index is 436. The number of hydrogen-bond donors (Lipinski definition) is 2. The summed E-state index contributed by atoms with van der Waals surface area (Å²) in [6.07, 6.45) is 21.1. The third-order valence-corrected chi connectivity index (χ3v) is 7.33. The Morgan fingerprint density at radius 3 is 1.34 bits per heavy atom. The molecule has 0 aromatic heterocycles. The molecule has 4 nitrogen and oxygen atoms in total. The maximum Gasteiger partial charge on any atom is 0.267 e. The van der Waals surface area contributed by atoms with Gasteiger partial charge < -0.3 is 5.11 Å². The summed E-state index contributed by atoms with van der Waals surface area (Å²) in [5.41, 5.74) is 0. The molecule has 0 saturated heterocycles. The van der Waals surface area contributed by atoms with E-state index in [-0.39, 0.29) is 0 Å². The molecule has 0 aliphatic heterocycles. The van der Waals surface area contributed by atoms with E-state index in [1.165, 1.54) is 64.2 Å². The molecular formula is C24H50O4S. The first-order chi connectivity index (χ1) is 13.9. The van der Waals surface area contributed by atoms with Crippen molar-refractivity contribution < 1.29 is 18.1 Å². The van der Waals surface area contributed by atoms with Crippen LogP contribution in [0, 0.1) is 0 Å². The van der Waals surface area contributed by atoms with Crippen molar-refractivity contribution in [1.29, 1.82) is 0 Å². The molecule has 0 bridgehead atoms. The summed E-state index contributed by atoms with van der Waals surface area (Å²) in [7, 11) is -4.01. The average Bonchev–Trinajstić information content (AvgIpc) is 2.67. The van der Waals surface area contributed by atoms with E-state index in [2.05, 4.69) is 13.8 Å². The van der Waals surface area contributed by atoms with Crippen LogP contribution in [0.25, 0.3) is 0 Å². The van der Waals surface area contributed by atoms with E-state index < -0.39 is 21.5 Å². The van der Waals surface area contributed by atoms with Crippen LogP contribution in [-0.2, 0) is 10.1 Å². The third-order valence-electron chi connectivity index (χ3n) is 6.01. The smallest absolute Gasteiger partial charge is 0.267 e. The van der Waals surface area contributed by atoms with Crippen molar-refractivity contribution >= 4 is 10.1 Å². The van der Waals surface area contributed by atoms with Gasteiger partial charge in [-0.15, -0.1) is 0 Å². The molecule has 2 unspecified atom stereocenters. The quantitative estimate of drug-likeness (QED) is 0.137. The second-order valence-electron chi connectivity index (χ2n) is 8.90. The van der Waals surface area contributed by atoms with Gasteiger partial charge in [-0.25, -0.2) is 0 Å². The molecule has 0 aliphatic rings. The van der Waals surface area contributed by atoms with Crippen molar-refractivity contribution in [3.63, 3.8) is 0 Å².